The number of rotatable bonds is 14. The highest BCUT2D eigenvalue weighted by molar-refractivity contribution is 6.67. The van der Waals surface area contributed by atoms with Crippen LogP contribution in [0, 0.1) is 0 Å². The fourth-order valence-corrected chi connectivity index (χ4v) is 6.97. The van der Waals surface area contributed by atoms with Gasteiger partial charge in [0, 0.05) is 54.7 Å². The Hall–Kier alpha value is -0.826. The molecule has 0 aromatic heterocycles. The van der Waals surface area contributed by atoms with E-state index >= 15 is 0 Å². The molecule has 0 atom stereocenters. The second-order valence-corrected chi connectivity index (χ2v) is 13.0. The molecule has 0 aromatic carbocycles. The topological polar surface area (TPSA) is 86.8 Å². The van der Waals surface area contributed by atoms with Crippen molar-refractivity contribution in [1.29, 1.82) is 0 Å². The van der Waals surface area contributed by atoms with Crippen LogP contribution in [-0.2, 0) is 22.1 Å². The van der Waals surface area contributed by atoms with E-state index in [0.29, 0.717) is 32.0 Å². The van der Waals surface area contributed by atoms with Crippen molar-refractivity contribution in [3.8, 4) is 0 Å². The summed E-state index contributed by atoms with van der Waals surface area (Å²) in [6.45, 7) is 2.76. The fourth-order valence-electron chi connectivity index (χ4n) is 3.06. The first-order chi connectivity index (χ1) is 12.4. The van der Waals surface area contributed by atoms with E-state index in [2.05, 4.69) is 0 Å². The molecule has 152 valence electrons. The second-order valence-electron chi connectivity index (χ2n) is 6.04. The van der Waals surface area contributed by atoms with Crippen molar-refractivity contribution < 1.29 is 31.7 Å². The number of hydrogen-bond donors (Lipinski definition) is 0. The number of carbonyl (C=O) groups is 2. The molecule has 9 nitrogen and oxygen atoms in total. The Bertz CT molecular complexity index is 402. The highest BCUT2D eigenvalue weighted by atomic mass is 28.4. The van der Waals surface area contributed by atoms with E-state index in [4.69, 9.17) is 22.1 Å². The van der Waals surface area contributed by atoms with Crippen LogP contribution in [0.2, 0.25) is 18.1 Å². The van der Waals surface area contributed by atoms with Gasteiger partial charge in [0.1, 0.15) is 0 Å². The molecule has 0 radical (unpaired) electrons. The van der Waals surface area contributed by atoms with E-state index in [1.807, 2.05) is 6.92 Å². The number of urea groups is 2. The summed E-state index contributed by atoms with van der Waals surface area (Å²) in [6, 6.07) is 1.61. The van der Waals surface area contributed by atoms with Crippen LogP contribution in [0.1, 0.15) is 19.8 Å². The lowest BCUT2D eigenvalue weighted by atomic mass is 10.3. The SMILES string of the molecule is CC[Si](CCCN1C(=O)N(CCC[Si](OC)(OC)OC)C1=O)(OC)OC. The van der Waals surface area contributed by atoms with Crippen LogP contribution in [0.5, 0.6) is 0 Å². The maximum atomic E-state index is 12.2. The zero-order valence-corrected chi connectivity index (χ0v) is 18.7. The zero-order chi connectivity index (χ0) is 19.8. The van der Waals surface area contributed by atoms with E-state index in [-0.39, 0.29) is 12.1 Å². The normalized spacial score (nSPS) is 15.6. The summed E-state index contributed by atoms with van der Waals surface area (Å²) in [5.41, 5.74) is 0. The van der Waals surface area contributed by atoms with Crippen molar-refractivity contribution in [3.05, 3.63) is 0 Å². The number of nitrogens with zero attached hydrogens (tertiary/aromatic N) is 2. The van der Waals surface area contributed by atoms with E-state index in [9.17, 15) is 9.59 Å². The van der Waals surface area contributed by atoms with Crippen LogP contribution >= 0.6 is 0 Å². The van der Waals surface area contributed by atoms with Crippen molar-refractivity contribution in [3.63, 3.8) is 0 Å². The molecule has 0 bridgehead atoms. The molecule has 0 N–H and O–H groups in total. The third kappa shape index (κ3) is 5.12. The van der Waals surface area contributed by atoms with Crippen LogP contribution in [0.3, 0.4) is 0 Å². The number of hydrogen-bond acceptors (Lipinski definition) is 7. The van der Waals surface area contributed by atoms with Gasteiger partial charge in [-0.1, -0.05) is 6.92 Å². The molecule has 0 spiro atoms. The molecule has 26 heavy (non-hydrogen) atoms. The first kappa shape index (κ1) is 23.2. The first-order valence-corrected chi connectivity index (χ1v) is 12.9. The molecule has 0 aliphatic carbocycles. The summed E-state index contributed by atoms with van der Waals surface area (Å²) >= 11 is 0. The Balaban J connectivity index is 2.41. The molecule has 0 unspecified atom stereocenters. The maximum absolute atomic E-state index is 12.2. The monoisotopic (exact) mass is 408 g/mol. The van der Waals surface area contributed by atoms with Crippen LogP contribution in [0.4, 0.5) is 9.59 Å². The van der Waals surface area contributed by atoms with Gasteiger partial charge in [-0.2, -0.15) is 0 Å². The Morgan fingerprint density at radius 3 is 1.50 bits per heavy atom. The minimum atomic E-state index is -2.67. The molecular weight excluding hydrogens is 376 g/mol. The van der Waals surface area contributed by atoms with Crippen LogP contribution < -0.4 is 0 Å². The summed E-state index contributed by atoms with van der Waals surface area (Å²) in [5.74, 6) is 0. The molecule has 1 heterocycles. The molecular formula is C15H32N2O7Si2. The van der Waals surface area contributed by atoms with Gasteiger partial charge in [-0.3, -0.25) is 0 Å². The van der Waals surface area contributed by atoms with Gasteiger partial charge in [0.05, 0.1) is 0 Å². The average Bonchev–Trinajstić information content (AvgIpc) is 2.69. The molecule has 1 fully saturated rings. The van der Waals surface area contributed by atoms with E-state index in [1.165, 1.54) is 9.80 Å². The Kier molecular flexibility index (Phi) is 9.37. The molecule has 1 saturated heterocycles. The quantitative estimate of drug-likeness (QED) is 0.407. The van der Waals surface area contributed by atoms with Gasteiger partial charge in [0.2, 0.25) is 0 Å². The number of carbonyl (C=O) groups excluding carboxylic acids is 2. The van der Waals surface area contributed by atoms with Crippen molar-refractivity contribution in [1.82, 2.24) is 9.80 Å². The molecule has 1 rings (SSSR count). The maximum Gasteiger partial charge on any atom is 0.500 e. The van der Waals surface area contributed by atoms with Gasteiger partial charge in [-0.05, 0) is 24.9 Å². The molecule has 0 aromatic rings. The predicted molar refractivity (Wildman–Crippen MR) is 100 cm³/mol. The van der Waals surface area contributed by atoms with Crippen LogP contribution in [0.15, 0.2) is 0 Å². The Morgan fingerprint density at radius 1 is 0.731 bits per heavy atom. The molecule has 1 aliphatic rings. The lowest BCUT2D eigenvalue weighted by Crippen LogP contribution is -2.64. The zero-order valence-electron chi connectivity index (χ0n) is 16.7. The summed E-state index contributed by atoms with van der Waals surface area (Å²) in [5, 5.41) is 0. The minimum Gasteiger partial charge on any atom is -0.398 e. The summed E-state index contributed by atoms with van der Waals surface area (Å²) in [7, 11) is 3.08. The van der Waals surface area contributed by atoms with Crippen LogP contribution in [0.25, 0.3) is 0 Å². The van der Waals surface area contributed by atoms with Gasteiger partial charge in [0.25, 0.3) is 0 Å². The van der Waals surface area contributed by atoms with Crippen molar-refractivity contribution in [2.24, 2.45) is 0 Å². The highest BCUT2D eigenvalue weighted by Gasteiger charge is 2.44. The molecule has 1 aliphatic heterocycles. The Labute approximate surface area is 158 Å². The lowest BCUT2D eigenvalue weighted by molar-refractivity contribution is 0.100. The van der Waals surface area contributed by atoms with Crippen molar-refractivity contribution in [2.75, 3.05) is 48.6 Å². The lowest BCUT2D eigenvalue weighted by Gasteiger charge is -2.39. The Morgan fingerprint density at radius 2 is 1.15 bits per heavy atom. The standard InChI is InChI=1S/C15H32N2O7Si2/c1-7-25(20-2,21-3)12-8-10-16-14(18)17(15(16)19)11-9-13-26(22-4,23-5)24-6/h7-13H2,1-6H3. The third-order valence-corrected chi connectivity index (χ3v) is 11.5. The third-order valence-electron chi connectivity index (χ3n) is 4.94. The minimum absolute atomic E-state index is 0.256. The number of imide groups is 2. The van der Waals surface area contributed by atoms with Gasteiger partial charge in [-0.15, -0.1) is 0 Å². The van der Waals surface area contributed by atoms with Crippen molar-refractivity contribution in [2.45, 2.75) is 37.9 Å². The fraction of sp³-hybridized carbons (Fsp3) is 0.867. The van der Waals surface area contributed by atoms with E-state index in [0.717, 1.165) is 12.1 Å². The first-order valence-electron chi connectivity index (χ1n) is 8.76. The van der Waals surface area contributed by atoms with Gasteiger partial charge in [0.15, 0.2) is 0 Å². The van der Waals surface area contributed by atoms with Gasteiger partial charge >= 0.3 is 29.4 Å². The van der Waals surface area contributed by atoms with E-state index < -0.39 is 17.4 Å². The average molecular weight is 409 g/mol. The van der Waals surface area contributed by atoms with Gasteiger partial charge in [-0.25, -0.2) is 19.4 Å². The highest BCUT2D eigenvalue weighted by Crippen LogP contribution is 2.23. The molecule has 11 heteroatoms. The molecule has 4 amide bonds. The summed E-state index contributed by atoms with van der Waals surface area (Å²) < 4.78 is 27.1. The number of amides is 4. The van der Waals surface area contributed by atoms with E-state index in [1.54, 1.807) is 35.5 Å². The second kappa shape index (κ2) is 10.5. The van der Waals surface area contributed by atoms with Gasteiger partial charge < -0.3 is 22.1 Å². The summed E-state index contributed by atoms with van der Waals surface area (Å²) in [6.07, 6.45) is 1.26. The largest absolute Gasteiger partial charge is 0.500 e. The van der Waals surface area contributed by atoms with Crippen LogP contribution in [-0.4, -0.2) is 87.9 Å². The van der Waals surface area contributed by atoms with Crippen molar-refractivity contribution >= 4 is 29.4 Å². The molecule has 0 saturated carbocycles. The summed E-state index contributed by atoms with van der Waals surface area (Å²) in [4.78, 5) is 26.9. The smallest absolute Gasteiger partial charge is 0.398 e. The predicted octanol–water partition coefficient (Wildman–Crippen LogP) is 2.26.